The Morgan fingerprint density at radius 3 is 2.56 bits per heavy atom. The Balaban J connectivity index is 2.11. The Kier molecular flexibility index (Phi) is 6.45. The molecule has 2 aromatic rings. The van der Waals surface area contributed by atoms with Gasteiger partial charge < -0.3 is 20.1 Å². The SMILES string of the molecule is COc1ccccc1C(O)CNCc1c(C(C)C)nn(C)c1N(C)C. The largest absolute Gasteiger partial charge is 0.496 e. The van der Waals surface area contributed by atoms with Gasteiger partial charge in [-0.05, 0) is 12.0 Å². The zero-order chi connectivity index (χ0) is 18.6. The van der Waals surface area contributed by atoms with Crippen molar-refractivity contribution in [2.45, 2.75) is 32.4 Å². The number of hydrogen-bond acceptors (Lipinski definition) is 5. The van der Waals surface area contributed by atoms with Crippen LogP contribution in [0.5, 0.6) is 5.75 Å². The molecular formula is C19H30N4O2. The van der Waals surface area contributed by atoms with E-state index >= 15 is 0 Å². The van der Waals surface area contributed by atoms with Gasteiger partial charge in [-0.15, -0.1) is 0 Å². The maximum absolute atomic E-state index is 10.5. The molecule has 0 saturated carbocycles. The highest BCUT2D eigenvalue weighted by atomic mass is 16.5. The molecule has 138 valence electrons. The Morgan fingerprint density at radius 1 is 1.28 bits per heavy atom. The van der Waals surface area contributed by atoms with Crippen LogP contribution < -0.4 is 15.0 Å². The summed E-state index contributed by atoms with van der Waals surface area (Å²) in [5, 5.41) is 18.5. The van der Waals surface area contributed by atoms with E-state index in [0.717, 1.165) is 17.1 Å². The number of nitrogens with one attached hydrogen (secondary N) is 1. The number of anilines is 1. The monoisotopic (exact) mass is 346 g/mol. The van der Waals surface area contributed by atoms with Crippen LogP contribution in [0.2, 0.25) is 0 Å². The topological polar surface area (TPSA) is 62.6 Å². The number of para-hydroxylation sites is 1. The first-order chi connectivity index (χ1) is 11.9. The average Bonchev–Trinajstić information content (AvgIpc) is 2.91. The van der Waals surface area contributed by atoms with Crippen LogP contribution in [-0.4, -0.2) is 42.6 Å². The number of aliphatic hydroxyl groups excluding tert-OH is 1. The predicted molar refractivity (Wildman–Crippen MR) is 101 cm³/mol. The molecule has 25 heavy (non-hydrogen) atoms. The first-order valence-electron chi connectivity index (χ1n) is 8.61. The van der Waals surface area contributed by atoms with Gasteiger partial charge in [0.2, 0.25) is 0 Å². The van der Waals surface area contributed by atoms with Crippen LogP contribution in [0.4, 0.5) is 5.82 Å². The summed E-state index contributed by atoms with van der Waals surface area (Å²) < 4.78 is 7.25. The summed E-state index contributed by atoms with van der Waals surface area (Å²) in [6.07, 6.45) is -0.627. The lowest BCUT2D eigenvalue weighted by atomic mass is 10.0. The molecular weight excluding hydrogens is 316 g/mol. The van der Waals surface area contributed by atoms with Gasteiger partial charge in [0.05, 0.1) is 18.9 Å². The van der Waals surface area contributed by atoms with Gasteiger partial charge in [0.15, 0.2) is 0 Å². The van der Waals surface area contributed by atoms with Crippen LogP contribution in [0, 0.1) is 0 Å². The Labute approximate surface area is 150 Å². The van der Waals surface area contributed by atoms with Gasteiger partial charge in [-0.3, -0.25) is 4.68 Å². The molecule has 0 bridgehead atoms. The number of benzene rings is 1. The van der Waals surface area contributed by atoms with Gasteiger partial charge in [0, 0.05) is 45.4 Å². The third-order valence-corrected chi connectivity index (χ3v) is 4.25. The quantitative estimate of drug-likeness (QED) is 0.769. The molecule has 0 saturated heterocycles. The second-order valence-electron chi connectivity index (χ2n) is 6.75. The van der Waals surface area contributed by atoms with Crippen LogP contribution in [0.25, 0.3) is 0 Å². The van der Waals surface area contributed by atoms with Crippen molar-refractivity contribution in [3.05, 3.63) is 41.1 Å². The number of nitrogens with zero attached hydrogens (tertiary/aromatic N) is 3. The Morgan fingerprint density at radius 2 is 1.96 bits per heavy atom. The summed E-state index contributed by atoms with van der Waals surface area (Å²) >= 11 is 0. The van der Waals surface area contributed by atoms with Crippen molar-refractivity contribution in [1.29, 1.82) is 0 Å². The lowest BCUT2D eigenvalue weighted by molar-refractivity contribution is 0.170. The number of ether oxygens (including phenoxy) is 1. The molecule has 0 aliphatic heterocycles. The van der Waals surface area contributed by atoms with Crippen molar-refractivity contribution in [3.63, 3.8) is 0 Å². The van der Waals surface area contributed by atoms with Crippen LogP contribution in [0.3, 0.4) is 0 Å². The van der Waals surface area contributed by atoms with E-state index in [9.17, 15) is 5.11 Å². The molecule has 0 radical (unpaired) electrons. The summed E-state index contributed by atoms with van der Waals surface area (Å²) in [5.74, 6) is 2.13. The summed E-state index contributed by atoms with van der Waals surface area (Å²) in [7, 11) is 7.63. The lowest BCUT2D eigenvalue weighted by Gasteiger charge is -2.18. The highest BCUT2D eigenvalue weighted by Crippen LogP contribution is 2.28. The van der Waals surface area contributed by atoms with Gasteiger partial charge in [0.1, 0.15) is 11.6 Å². The summed E-state index contributed by atoms with van der Waals surface area (Å²) in [5.41, 5.74) is 3.06. The van der Waals surface area contributed by atoms with Crippen LogP contribution in [-0.2, 0) is 13.6 Å². The fourth-order valence-electron chi connectivity index (χ4n) is 3.16. The molecule has 6 nitrogen and oxygen atoms in total. The number of aryl methyl sites for hydroxylation is 1. The van der Waals surface area contributed by atoms with Gasteiger partial charge in [-0.1, -0.05) is 32.0 Å². The van der Waals surface area contributed by atoms with Crippen molar-refractivity contribution in [2.24, 2.45) is 7.05 Å². The number of methoxy groups -OCH3 is 1. The molecule has 0 aliphatic carbocycles. The first-order valence-corrected chi connectivity index (χ1v) is 8.61. The van der Waals surface area contributed by atoms with Crippen molar-refractivity contribution in [2.75, 3.05) is 32.6 Å². The van der Waals surface area contributed by atoms with E-state index in [-0.39, 0.29) is 0 Å². The number of aromatic nitrogens is 2. The fourth-order valence-corrected chi connectivity index (χ4v) is 3.16. The molecule has 1 aromatic carbocycles. The van der Waals surface area contributed by atoms with E-state index in [1.165, 1.54) is 5.56 Å². The van der Waals surface area contributed by atoms with E-state index in [0.29, 0.717) is 24.8 Å². The normalized spacial score (nSPS) is 12.5. The van der Waals surface area contributed by atoms with Gasteiger partial charge in [0.25, 0.3) is 0 Å². The zero-order valence-electron chi connectivity index (χ0n) is 16.1. The zero-order valence-corrected chi connectivity index (χ0v) is 16.1. The van der Waals surface area contributed by atoms with Gasteiger partial charge in [-0.2, -0.15) is 5.10 Å². The fraction of sp³-hybridized carbons (Fsp3) is 0.526. The van der Waals surface area contributed by atoms with Crippen LogP contribution >= 0.6 is 0 Å². The smallest absolute Gasteiger partial charge is 0.130 e. The molecule has 1 atom stereocenters. The molecule has 1 heterocycles. The third kappa shape index (κ3) is 4.32. The van der Waals surface area contributed by atoms with E-state index in [4.69, 9.17) is 4.74 Å². The Hall–Kier alpha value is -2.05. The molecule has 2 rings (SSSR count). The van der Waals surface area contributed by atoms with E-state index in [1.807, 2.05) is 50.1 Å². The maximum atomic E-state index is 10.5. The van der Waals surface area contributed by atoms with Gasteiger partial charge >= 0.3 is 0 Å². The van der Waals surface area contributed by atoms with Crippen LogP contribution in [0.1, 0.15) is 42.7 Å². The van der Waals surface area contributed by atoms with E-state index in [1.54, 1.807) is 7.11 Å². The minimum absolute atomic E-state index is 0.343. The molecule has 0 aliphatic rings. The molecule has 2 N–H and O–H groups in total. The summed E-state index contributed by atoms with van der Waals surface area (Å²) in [6, 6.07) is 7.56. The second kappa shape index (κ2) is 8.36. The number of rotatable bonds is 8. The molecule has 0 amide bonds. The third-order valence-electron chi connectivity index (χ3n) is 4.25. The standard InChI is InChI=1S/C19H30N4O2/c1-13(2)18-15(19(22(3)4)23(5)21-18)11-20-12-16(24)14-9-7-8-10-17(14)25-6/h7-10,13,16,20,24H,11-12H2,1-6H3. The summed E-state index contributed by atoms with van der Waals surface area (Å²) in [6.45, 7) is 5.39. The first kappa shape index (κ1) is 19.3. The van der Waals surface area contributed by atoms with Gasteiger partial charge in [-0.25, -0.2) is 0 Å². The van der Waals surface area contributed by atoms with E-state index < -0.39 is 6.10 Å². The van der Waals surface area contributed by atoms with Crippen molar-refractivity contribution in [1.82, 2.24) is 15.1 Å². The van der Waals surface area contributed by atoms with E-state index in [2.05, 4.69) is 29.2 Å². The minimum atomic E-state index is -0.627. The second-order valence-corrected chi connectivity index (χ2v) is 6.75. The van der Waals surface area contributed by atoms with Crippen molar-refractivity contribution >= 4 is 5.82 Å². The van der Waals surface area contributed by atoms with Crippen LogP contribution in [0.15, 0.2) is 24.3 Å². The molecule has 6 heteroatoms. The molecule has 1 unspecified atom stereocenters. The minimum Gasteiger partial charge on any atom is -0.496 e. The number of hydrogen-bond donors (Lipinski definition) is 2. The Bertz CT molecular complexity index is 695. The maximum Gasteiger partial charge on any atom is 0.130 e. The number of aliphatic hydroxyl groups is 1. The lowest BCUT2D eigenvalue weighted by Crippen LogP contribution is -2.23. The molecule has 1 aromatic heterocycles. The molecule has 0 spiro atoms. The summed E-state index contributed by atoms with van der Waals surface area (Å²) in [4.78, 5) is 2.08. The average molecular weight is 346 g/mol. The predicted octanol–water partition coefficient (Wildman–Crippen LogP) is 2.44. The highest BCUT2D eigenvalue weighted by molar-refractivity contribution is 5.50. The highest BCUT2D eigenvalue weighted by Gasteiger charge is 2.20. The van der Waals surface area contributed by atoms with Crippen molar-refractivity contribution < 1.29 is 9.84 Å². The van der Waals surface area contributed by atoms with Crippen molar-refractivity contribution in [3.8, 4) is 5.75 Å². The molecule has 0 fully saturated rings.